The van der Waals surface area contributed by atoms with Gasteiger partial charge in [-0.3, -0.25) is 14.5 Å². The number of benzene rings is 2. The molecular formula is C18H13F2N5O3. The fraction of sp³-hybridized carbons (Fsp3) is 0.167. The second kappa shape index (κ2) is 6.80. The number of halogens is 2. The second-order valence-corrected chi connectivity index (χ2v) is 6.27. The van der Waals surface area contributed by atoms with E-state index in [1.807, 2.05) is 0 Å². The number of carbonyl (C=O) groups excluding carboxylic acids is 3. The zero-order valence-corrected chi connectivity index (χ0v) is 14.3. The zero-order valence-electron chi connectivity index (χ0n) is 14.3. The van der Waals surface area contributed by atoms with Crippen LogP contribution in [0, 0.1) is 11.6 Å². The van der Waals surface area contributed by atoms with Crippen LogP contribution in [0.15, 0.2) is 58.9 Å². The van der Waals surface area contributed by atoms with Gasteiger partial charge in [-0.1, -0.05) is 23.4 Å². The lowest BCUT2D eigenvalue weighted by Gasteiger charge is -2.19. The Morgan fingerprint density at radius 3 is 2.46 bits per heavy atom. The van der Waals surface area contributed by atoms with Crippen LogP contribution in [0.4, 0.5) is 19.3 Å². The number of hydrogen-bond acceptors (Lipinski definition) is 5. The number of anilines is 1. The predicted molar refractivity (Wildman–Crippen MR) is 91.6 cm³/mol. The summed E-state index contributed by atoms with van der Waals surface area (Å²) in [6.45, 7) is -0.142. The molecule has 4 amide bonds. The Balaban J connectivity index is 1.51. The van der Waals surface area contributed by atoms with E-state index in [2.05, 4.69) is 15.7 Å². The number of hydrogen-bond donors (Lipinski definition) is 1. The Morgan fingerprint density at radius 1 is 1.04 bits per heavy atom. The molecule has 4 rings (SSSR count). The monoisotopic (exact) mass is 385 g/mol. The Labute approximate surface area is 157 Å². The topological polar surface area (TPSA) is 94.4 Å². The van der Waals surface area contributed by atoms with Gasteiger partial charge in [-0.15, -0.1) is 0 Å². The molecule has 0 radical (unpaired) electrons. The van der Waals surface area contributed by atoms with Gasteiger partial charge in [0.2, 0.25) is 0 Å². The summed E-state index contributed by atoms with van der Waals surface area (Å²) in [4.78, 5) is 38.6. The summed E-state index contributed by atoms with van der Waals surface area (Å²) in [5, 5.41) is 10.5. The molecule has 0 saturated carbocycles. The summed E-state index contributed by atoms with van der Waals surface area (Å²) in [7, 11) is 0. The molecule has 10 heteroatoms. The molecule has 2 heterocycles. The first-order valence-corrected chi connectivity index (χ1v) is 8.30. The van der Waals surface area contributed by atoms with Crippen molar-refractivity contribution in [3.63, 3.8) is 0 Å². The zero-order chi connectivity index (χ0) is 19.8. The van der Waals surface area contributed by atoms with Gasteiger partial charge in [-0.05, 0) is 35.9 Å². The molecule has 1 saturated heterocycles. The van der Waals surface area contributed by atoms with Crippen molar-refractivity contribution in [1.29, 1.82) is 0 Å². The Kier molecular flexibility index (Phi) is 4.30. The third kappa shape index (κ3) is 3.08. The first-order valence-electron chi connectivity index (χ1n) is 8.30. The summed E-state index contributed by atoms with van der Waals surface area (Å²) in [6, 6.07) is 7.48. The molecule has 1 fully saturated rings. The van der Waals surface area contributed by atoms with Gasteiger partial charge >= 0.3 is 6.03 Å². The summed E-state index contributed by atoms with van der Waals surface area (Å²) in [6.07, 6.45) is 0. The van der Waals surface area contributed by atoms with Crippen LogP contribution in [-0.2, 0) is 16.1 Å². The number of amides is 4. The Morgan fingerprint density at radius 2 is 1.75 bits per heavy atom. The van der Waals surface area contributed by atoms with Crippen molar-refractivity contribution in [3.05, 3.63) is 65.7 Å². The SMILES string of the molecule is O=C1[C@@H]2[C@@H](N=NN2C(=O)Nc2cccc(F)c2)C(=O)N1Cc1cccc(F)c1. The van der Waals surface area contributed by atoms with Crippen molar-refractivity contribution < 1.29 is 23.2 Å². The summed E-state index contributed by atoms with van der Waals surface area (Å²) < 4.78 is 26.6. The first-order chi connectivity index (χ1) is 13.4. The molecule has 2 aromatic rings. The second-order valence-electron chi connectivity index (χ2n) is 6.27. The molecule has 0 aromatic heterocycles. The molecule has 28 heavy (non-hydrogen) atoms. The number of fused-ring (bicyclic) bond motifs is 1. The Hall–Kier alpha value is -3.69. The third-order valence-electron chi connectivity index (χ3n) is 4.39. The maximum Gasteiger partial charge on any atom is 0.344 e. The lowest BCUT2D eigenvalue weighted by atomic mass is 10.2. The largest absolute Gasteiger partial charge is 0.344 e. The van der Waals surface area contributed by atoms with E-state index in [-0.39, 0.29) is 12.2 Å². The molecule has 142 valence electrons. The van der Waals surface area contributed by atoms with Gasteiger partial charge in [-0.25, -0.2) is 13.6 Å². The van der Waals surface area contributed by atoms with Crippen LogP contribution in [0.5, 0.6) is 0 Å². The van der Waals surface area contributed by atoms with Crippen LogP contribution in [0.1, 0.15) is 5.56 Å². The van der Waals surface area contributed by atoms with Crippen molar-refractivity contribution in [3.8, 4) is 0 Å². The van der Waals surface area contributed by atoms with E-state index in [4.69, 9.17) is 0 Å². The van der Waals surface area contributed by atoms with E-state index in [9.17, 15) is 23.2 Å². The van der Waals surface area contributed by atoms with Gasteiger partial charge < -0.3 is 5.32 Å². The van der Waals surface area contributed by atoms with Crippen LogP contribution in [-0.4, -0.2) is 39.8 Å². The number of nitrogens with zero attached hydrogens (tertiary/aromatic N) is 4. The highest BCUT2D eigenvalue weighted by Gasteiger charge is 2.55. The average molecular weight is 385 g/mol. The van der Waals surface area contributed by atoms with Gasteiger partial charge in [0.15, 0.2) is 12.1 Å². The van der Waals surface area contributed by atoms with E-state index < -0.39 is 41.6 Å². The van der Waals surface area contributed by atoms with Crippen molar-refractivity contribution in [1.82, 2.24) is 9.91 Å². The minimum Gasteiger partial charge on any atom is -0.306 e. The molecule has 2 aliphatic heterocycles. The van der Waals surface area contributed by atoms with Crippen molar-refractivity contribution in [2.24, 2.45) is 10.3 Å². The van der Waals surface area contributed by atoms with Crippen molar-refractivity contribution >= 4 is 23.5 Å². The highest BCUT2D eigenvalue weighted by atomic mass is 19.1. The fourth-order valence-electron chi connectivity index (χ4n) is 3.10. The van der Waals surface area contributed by atoms with E-state index >= 15 is 0 Å². The van der Waals surface area contributed by atoms with E-state index in [0.29, 0.717) is 5.56 Å². The maximum absolute atomic E-state index is 13.4. The van der Waals surface area contributed by atoms with Crippen LogP contribution >= 0.6 is 0 Å². The number of imide groups is 1. The first kappa shape index (κ1) is 17.7. The molecular weight excluding hydrogens is 372 g/mol. The normalized spacial score (nSPS) is 20.6. The standard InChI is InChI=1S/C18H13F2N5O3/c19-11-4-1-3-10(7-11)9-24-16(26)14-15(17(24)27)25(23-22-14)18(28)21-13-6-2-5-12(20)8-13/h1-8,14-15H,9H2,(H,21,28)/t14-,15+/m1/s1. The van der Waals surface area contributed by atoms with Gasteiger partial charge in [0, 0.05) is 5.69 Å². The van der Waals surface area contributed by atoms with Crippen LogP contribution in [0.25, 0.3) is 0 Å². The van der Waals surface area contributed by atoms with Gasteiger partial charge in [0.25, 0.3) is 11.8 Å². The molecule has 0 aliphatic carbocycles. The third-order valence-corrected chi connectivity index (χ3v) is 4.39. The lowest BCUT2D eigenvalue weighted by molar-refractivity contribution is -0.140. The summed E-state index contributed by atoms with van der Waals surface area (Å²) in [5.41, 5.74) is 0.589. The smallest absolute Gasteiger partial charge is 0.306 e. The minimum atomic E-state index is -1.23. The molecule has 2 aliphatic rings. The number of nitrogens with one attached hydrogen (secondary N) is 1. The number of urea groups is 1. The molecule has 2 atom stereocenters. The number of likely N-dealkylation sites (tertiary alicyclic amines) is 1. The molecule has 1 N–H and O–H groups in total. The number of rotatable bonds is 3. The van der Waals surface area contributed by atoms with E-state index in [0.717, 1.165) is 16.0 Å². The van der Waals surface area contributed by atoms with Crippen LogP contribution in [0.3, 0.4) is 0 Å². The van der Waals surface area contributed by atoms with Gasteiger partial charge in [0.1, 0.15) is 11.6 Å². The maximum atomic E-state index is 13.4. The number of carbonyl (C=O) groups is 3. The van der Waals surface area contributed by atoms with Crippen molar-refractivity contribution in [2.75, 3.05) is 5.32 Å². The quantitative estimate of drug-likeness (QED) is 0.823. The van der Waals surface area contributed by atoms with Gasteiger partial charge in [0.05, 0.1) is 6.54 Å². The Bertz CT molecular complexity index is 1010. The van der Waals surface area contributed by atoms with Crippen molar-refractivity contribution in [2.45, 2.75) is 18.6 Å². The van der Waals surface area contributed by atoms with Crippen LogP contribution in [0.2, 0.25) is 0 Å². The predicted octanol–water partition coefficient (Wildman–Crippen LogP) is 2.49. The lowest BCUT2D eigenvalue weighted by Crippen LogP contribution is -2.44. The molecule has 2 aromatic carbocycles. The summed E-state index contributed by atoms with van der Waals surface area (Å²) >= 11 is 0. The average Bonchev–Trinajstić information content (AvgIpc) is 3.18. The fourth-order valence-corrected chi connectivity index (χ4v) is 3.10. The van der Waals surface area contributed by atoms with Gasteiger partial charge in [-0.2, -0.15) is 10.1 Å². The molecule has 0 bridgehead atoms. The molecule has 0 unspecified atom stereocenters. The minimum absolute atomic E-state index is 0.142. The highest BCUT2D eigenvalue weighted by molar-refractivity contribution is 6.11. The molecule has 0 spiro atoms. The summed E-state index contributed by atoms with van der Waals surface area (Å²) in [5.74, 6) is -2.33. The van der Waals surface area contributed by atoms with E-state index in [1.165, 1.54) is 36.4 Å². The van der Waals surface area contributed by atoms with E-state index in [1.54, 1.807) is 6.07 Å². The molecule has 8 nitrogen and oxygen atoms in total. The van der Waals surface area contributed by atoms with Crippen LogP contribution < -0.4 is 5.32 Å². The highest BCUT2D eigenvalue weighted by Crippen LogP contribution is 2.30.